The Balaban J connectivity index is 1.66. The number of rotatable bonds is 4. The third-order valence-corrected chi connectivity index (χ3v) is 5.05. The van der Waals surface area contributed by atoms with E-state index < -0.39 is 0 Å². The lowest BCUT2D eigenvalue weighted by Gasteiger charge is -2.22. The van der Waals surface area contributed by atoms with Gasteiger partial charge in [0.15, 0.2) is 0 Å². The molecule has 0 bridgehead atoms. The number of anilines is 2. The monoisotopic (exact) mass is 359 g/mol. The van der Waals surface area contributed by atoms with Crippen molar-refractivity contribution in [2.45, 2.75) is 25.0 Å². The number of nitrogens with one attached hydrogen (secondary N) is 2. The molecule has 1 saturated heterocycles. The molecule has 2 aliphatic heterocycles. The minimum atomic E-state index is -0.325. The van der Waals surface area contributed by atoms with E-state index in [4.69, 9.17) is 16.3 Å². The minimum absolute atomic E-state index is 0.0213. The predicted molar refractivity (Wildman–Crippen MR) is 97.5 cm³/mol. The van der Waals surface area contributed by atoms with Gasteiger partial charge in [0, 0.05) is 35.5 Å². The Kier molecular flexibility index (Phi) is 4.23. The maximum atomic E-state index is 11.5. The molecule has 2 aromatic carbocycles. The van der Waals surface area contributed by atoms with Gasteiger partial charge in [-0.05, 0) is 36.6 Å². The first-order valence-electron chi connectivity index (χ1n) is 8.31. The van der Waals surface area contributed by atoms with E-state index in [1.165, 1.54) is 0 Å². The van der Waals surface area contributed by atoms with Crippen LogP contribution in [-0.2, 0) is 11.2 Å². The Morgan fingerprint density at radius 1 is 1.24 bits per heavy atom. The molecular weight excluding hydrogens is 342 g/mol. The van der Waals surface area contributed by atoms with Crippen LogP contribution in [0.4, 0.5) is 17.1 Å². The van der Waals surface area contributed by atoms with Crippen molar-refractivity contribution >= 4 is 28.7 Å². The Labute approximate surface area is 150 Å². The van der Waals surface area contributed by atoms with Gasteiger partial charge in [-0.25, -0.2) is 0 Å². The summed E-state index contributed by atoms with van der Waals surface area (Å²) >= 11 is 5.97. The number of ether oxygens (including phenoxy) is 1. The Morgan fingerprint density at radius 3 is 2.80 bits per heavy atom. The van der Waals surface area contributed by atoms with Gasteiger partial charge in [0.25, 0.3) is 5.69 Å². The van der Waals surface area contributed by atoms with E-state index in [1.807, 2.05) is 24.3 Å². The number of nitro benzene ring substituents is 1. The van der Waals surface area contributed by atoms with Crippen LogP contribution in [0.25, 0.3) is 0 Å². The molecule has 2 heterocycles. The largest absolute Gasteiger partial charge is 0.384 e. The van der Waals surface area contributed by atoms with Gasteiger partial charge in [-0.2, -0.15) is 0 Å². The zero-order chi connectivity index (χ0) is 17.4. The molecule has 25 heavy (non-hydrogen) atoms. The van der Waals surface area contributed by atoms with Crippen molar-refractivity contribution in [3.63, 3.8) is 0 Å². The van der Waals surface area contributed by atoms with Gasteiger partial charge in [0.1, 0.15) is 11.8 Å². The van der Waals surface area contributed by atoms with Crippen LogP contribution in [0.15, 0.2) is 36.4 Å². The fourth-order valence-electron chi connectivity index (χ4n) is 3.60. The SMILES string of the molecule is O=[N+]([O-])c1ccc2c(c1NC1CCOC1c1ccc(Cl)cc1)CCN2. The van der Waals surface area contributed by atoms with Gasteiger partial charge < -0.3 is 15.4 Å². The second kappa shape index (κ2) is 6.54. The van der Waals surface area contributed by atoms with Gasteiger partial charge in [0.05, 0.1) is 11.0 Å². The zero-order valence-corrected chi connectivity index (χ0v) is 14.3. The molecule has 0 saturated carbocycles. The number of hydrogen-bond donors (Lipinski definition) is 2. The second-order valence-electron chi connectivity index (χ2n) is 6.30. The Bertz CT molecular complexity index is 810. The highest BCUT2D eigenvalue weighted by atomic mass is 35.5. The van der Waals surface area contributed by atoms with Crippen LogP contribution in [0, 0.1) is 10.1 Å². The maximum Gasteiger partial charge on any atom is 0.292 e. The fourth-order valence-corrected chi connectivity index (χ4v) is 3.73. The summed E-state index contributed by atoms with van der Waals surface area (Å²) in [6, 6.07) is 10.9. The van der Waals surface area contributed by atoms with Crippen LogP contribution >= 0.6 is 11.6 Å². The number of fused-ring (bicyclic) bond motifs is 1. The molecule has 2 N–H and O–H groups in total. The molecule has 4 rings (SSSR count). The Hall–Kier alpha value is -2.31. The van der Waals surface area contributed by atoms with Crippen molar-refractivity contribution in [2.75, 3.05) is 23.8 Å². The van der Waals surface area contributed by atoms with E-state index in [0.717, 1.165) is 36.2 Å². The Morgan fingerprint density at radius 2 is 2.04 bits per heavy atom. The normalized spacial score (nSPS) is 21.6. The smallest absolute Gasteiger partial charge is 0.292 e. The highest BCUT2D eigenvalue weighted by Crippen LogP contribution is 2.40. The predicted octanol–water partition coefficient (Wildman–Crippen LogP) is 4.16. The molecule has 130 valence electrons. The lowest BCUT2D eigenvalue weighted by atomic mass is 10.0. The van der Waals surface area contributed by atoms with Gasteiger partial charge in [-0.15, -0.1) is 0 Å². The number of halogens is 1. The summed E-state index contributed by atoms with van der Waals surface area (Å²) in [5.74, 6) is 0. The molecule has 2 aromatic rings. The topological polar surface area (TPSA) is 76.4 Å². The van der Waals surface area contributed by atoms with Crippen LogP contribution in [-0.4, -0.2) is 24.1 Å². The molecule has 1 fully saturated rings. The van der Waals surface area contributed by atoms with Crippen molar-refractivity contribution in [3.8, 4) is 0 Å². The number of benzene rings is 2. The molecule has 2 aliphatic rings. The third kappa shape index (κ3) is 3.03. The van der Waals surface area contributed by atoms with Crippen molar-refractivity contribution in [1.29, 1.82) is 0 Å². The van der Waals surface area contributed by atoms with E-state index in [2.05, 4.69) is 10.6 Å². The van der Waals surface area contributed by atoms with E-state index >= 15 is 0 Å². The van der Waals surface area contributed by atoms with Crippen molar-refractivity contribution in [1.82, 2.24) is 0 Å². The molecular formula is C18H18ClN3O3. The summed E-state index contributed by atoms with van der Waals surface area (Å²) in [5.41, 5.74) is 3.70. The van der Waals surface area contributed by atoms with Crippen LogP contribution in [0.5, 0.6) is 0 Å². The van der Waals surface area contributed by atoms with Crippen LogP contribution in [0.3, 0.4) is 0 Å². The van der Waals surface area contributed by atoms with Gasteiger partial charge in [-0.1, -0.05) is 23.7 Å². The fraction of sp³-hybridized carbons (Fsp3) is 0.333. The molecule has 0 radical (unpaired) electrons. The highest BCUT2D eigenvalue weighted by Gasteiger charge is 2.33. The van der Waals surface area contributed by atoms with E-state index in [1.54, 1.807) is 12.1 Å². The molecule has 6 nitrogen and oxygen atoms in total. The summed E-state index contributed by atoms with van der Waals surface area (Å²) in [6.45, 7) is 1.42. The first kappa shape index (κ1) is 16.2. The average molecular weight is 360 g/mol. The van der Waals surface area contributed by atoms with Gasteiger partial charge in [0.2, 0.25) is 0 Å². The molecule has 0 amide bonds. The summed E-state index contributed by atoms with van der Waals surface area (Å²) < 4.78 is 5.89. The number of hydrogen-bond acceptors (Lipinski definition) is 5. The molecule has 0 aromatic heterocycles. The van der Waals surface area contributed by atoms with E-state index in [9.17, 15) is 10.1 Å². The quantitative estimate of drug-likeness (QED) is 0.633. The third-order valence-electron chi connectivity index (χ3n) is 4.80. The van der Waals surface area contributed by atoms with Crippen LogP contribution in [0.1, 0.15) is 23.7 Å². The van der Waals surface area contributed by atoms with Crippen molar-refractivity contribution < 1.29 is 9.66 Å². The lowest BCUT2D eigenvalue weighted by Crippen LogP contribution is -2.24. The van der Waals surface area contributed by atoms with E-state index in [-0.39, 0.29) is 22.8 Å². The van der Waals surface area contributed by atoms with Crippen LogP contribution < -0.4 is 10.6 Å². The second-order valence-corrected chi connectivity index (χ2v) is 6.74. The zero-order valence-electron chi connectivity index (χ0n) is 13.5. The number of nitro groups is 1. The summed E-state index contributed by atoms with van der Waals surface area (Å²) in [4.78, 5) is 11.2. The summed E-state index contributed by atoms with van der Waals surface area (Å²) in [5, 5.41) is 18.8. The lowest BCUT2D eigenvalue weighted by molar-refractivity contribution is -0.384. The molecule has 0 aliphatic carbocycles. The molecule has 0 spiro atoms. The molecule has 2 atom stereocenters. The summed E-state index contributed by atoms with van der Waals surface area (Å²) in [6.07, 6.45) is 1.42. The standard InChI is InChI=1S/C18H18ClN3O3/c19-12-3-1-11(2-4-12)18-15(8-10-25-18)21-17-13-7-9-20-14(13)5-6-16(17)22(23)24/h1-6,15,18,20-21H,7-10H2. The summed E-state index contributed by atoms with van der Waals surface area (Å²) in [7, 11) is 0. The van der Waals surface area contributed by atoms with Crippen molar-refractivity contribution in [2.24, 2.45) is 0 Å². The average Bonchev–Trinajstić information content (AvgIpc) is 3.24. The highest BCUT2D eigenvalue weighted by molar-refractivity contribution is 6.30. The molecule has 7 heteroatoms. The van der Waals surface area contributed by atoms with E-state index in [0.29, 0.717) is 17.3 Å². The van der Waals surface area contributed by atoms with Crippen molar-refractivity contribution in [3.05, 3.63) is 62.7 Å². The van der Waals surface area contributed by atoms with Crippen LogP contribution in [0.2, 0.25) is 5.02 Å². The first-order valence-corrected chi connectivity index (χ1v) is 8.69. The molecule has 2 unspecified atom stereocenters. The van der Waals surface area contributed by atoms with Gasteiger partial charge >= 0.3 is 0 Å². The minimum Gasteiger partial charge on any atom is -0.384 e. The first-order chi connectivity index (χ1) is 12.1. The number of nitrogens with zero attached hydrogens (tertiary/aromatic N) is 1. The van der Waals surface area contributed by atoms with Gasteiger partial charge in [-0.3, -0.25) is 10.1 Å². The maximum absolute atomic E-state index is 11.5.